The molecule has 4 N–H and O–H groups in total. The lowest BCUT2D eigenvalue weighted by atomic mass is 9.76. The molecule has 4 saturated heterocycles. The third kappa shape index (κ3) is 14.6. The van der Waals surface area contributed by atoms with E-state index < -0.39 is 114 Å². The Bertz CT molecular complexity index is 1740. The molecule has 0 radical (unpaired) electrons. The van der Waals surface area contributed by atoms with Gasteiger partial charge in [-0.3, -0.25) is 0 Å². The second kappa shape index (κ2) is 27.3. The molecule has 0 aliphatic carbocycles. The van der Waals surface area contributed by atoms with Crippen molar-refractivity contribution in [3.63, 3.8) is 0 Å². The van der Waals surface area contributed by atoms with E-state index in [4.69, 9.17) is 47.4 Å². The summed E-state index contributed by atoms with van der Waals surface area (Å²) in [6, 6.07) is 0. The normalized spacial score (nSPS) is 45.1. The Balaban J connectivity index is 1.31. The fourth-order valence-electron chi connectivity index (χ4n) is 12.6. The average Bonchev–Trinajstić information content (AvgIpc) is 3.36. The van der Waals surface area contributed by atoms with Crippen molar-refractivity contribution in [1.82, 2.24) is 0 Å². The van der Waals surface area contributed by atoms with Gasteiger partial charge in [0.15, 0.2) is 24.2 Å². The van der Waals surface area contributed by atoms with Gasteiger partial charge in [-0.05, 0) is 52.4 Å². The highest BCUT2D eigenvalue weighted by Crippen LogP contribution is 2.47. The summed E-state index contributed by atoms with van der Waals surface area (Å²) in [5.74, 6) is -6.27. The van der Waals surface area contributed by atoms with E-state index in [0.717, 1.165) is 19.3 Å². The minimum absolute atomic E-state index is 0.0578. The predicted octanol–water partition coefficient (Wildman–Crippen LogP) is 7.98. The second-order valence-electron chi connectivity index (χ2n) is 22.8. The van der Waals surface area contributed by atoms with Crippen LogP contribution in [0.2, 0.25) is 0 Å². The minimum Gasteiger partial charge on any atom is -0.458 e. The summed E-state index contributed by atoms with van der Waals surface area (Å²) >= 11 is 0. The zero-order valence-corrected chi connectivity index (χ0v) is 47.4. The van der Waals surface area contributed by atoms with Gasteiger partial charge in [0.2, 0.25) is 0 Å². The first kappa shape index (κ1) is 62.3. The molecule has 5 rings (SSSR count). The molecule has 424 valence electrons. The molecule has 0 unspecified atom stereocenters. The van der Waals surface area contributed by atoms with Crippen LogP contribution < -0.4 is 0 Å². The van der Waals surface area contributed by atoms with Gasteiger partial charge < -0.3 is 67.8 Å². The van der Waals surface area contributed by atoms with Crippen LogP contribution in [0.3, 0.4) is 0 Å². The summed E-state index contributed by atoms with van der Waals surface area (Å²) in [5, 5.41) is 45.3. The molecule has 16 nitrogen and oxygen atoms in total. The summed E-state index contributed by atoms with van der Waals surface area (Å²) < 4.78 is 63.8. The van der Waals surface area contributed by atoms with Crippen LogP contribution in [0.5, 0.6) is 0 Å². The van der Waals surface area contributed by atoms with E-state index in [1.54, 1.807) is 44.4 Å². The highest BCUT2D eigenvalue weighted by Gasteiger charge is 2.55. The number of aliphatic hydroxyl groups is 4. The van der Waals surface area contributed by atoms with E-state index in [2.05, 4.69) is 27.7 Å². The quantitative estimate of drug-likeness (QED) is 0.108. The van der Waals surface area contributed by atoms with E-state index in [0.29, 0.717) is 18.3 Å². The standard InChI is InChI=1S/C58H96O16/c1-17-43-40(12)73-57(65-15,29-46(43)69-50-27-33(5)34(6)39(11)67-50)37(9)52(62)35(7)55-31(3)23-19-21-26-49(61)72-56(32(4)24-20-22-25-48(60)71-55)36(8)53(63)38(10)58(66-16)30-47(44(18-2)41(13)74-58)70-51-28-45(59)54(64)42(14)68-51/h19-26,31-47,50-56,59,62-64H,17-18,27-30H2,1-16H3/b23-19-,24-20+,25-22+,26-21-/t31-,32+,33+,34+,35+,36+,37+,38+,39+,40-,41-,42+,43-,44-,45+,46-,47-,50+,51+,52-,53-,54-,55+,56+,57-,58-/m1/s1. The molecular formula is C58H96O16. The van der Waals surface area contributed by atoms with Crippen LogP contribution in [0.1, 0.15) is 135 Å². The SMILES string of the molecule is CC[C@@H]1[C@@H](C)O[C@@](OC)([C@@H](C)[C@H](O)[C@H](C)[C@H]2OC(=O)/C=C/C=C/[C@H](C)[C@@H]([C@@H](C)[C@@H](O)[C@H](C)[C@@]3(OC)C[C@@H](O[C@H]4C[C@H](O)[C@H](O)[C@H](C)O4)[C@H](CC)[C@@H](C)O3)OC(=O)/C=C\C=C/[C@H]2C)C[C@H]1O[C@H]1C[C@H](C)[C@H](C)[C@H](C)O1. The zero-order chi connectivity index (χ0) is 55.0. The maximum absolute atomic E-state index is 13.7. The van der Waals surface area contributed by atoms with Crippen LogP contribution in [0.15, 0.2) is 48.6 Å². The van der Waals surface area contributed by atoms with Gasteiger partial charge in [0.1, 0.15) is 18.3 Å². The number of rotatable bonds is 16. The minimum atomic E-state index is -1.32. The maximum Gasteiger partial charge on any atom is 0.331 e. The number of cyclic esters (lactones) is 2. The molecular weight excluding hydrogens is 953 g/mol. The highest BCUT2D eigenvalue weighted by molar-refractivity contribution is 5.83. The Morgan fingerprint density at radius 1 is 0.608 bits per heavy atom. The topological polar surface area (TPSA) is 207 Å². The monoisotopic (exact) mass is 1050 g/mol. The van der Waals surface area contributed by atoms with E-state index in [-0.39, 0.29) is 55.4 Å². The number of hydrogen-bond donors (Lipinski definition) is 4. The Morgan fingerprint density at radius 3 is 1.39 bits per heavy atom. The Morgan fingerprint density at radius 2 is 1.01 bits per heavy atom. The molecule has 0 aromatic carbocycles. The maximum atomic E-state index is 13.7. The number of allylic oxidation sites excluding steroid dienone is 4. The van der Waals surface area contributed by atoms with Gasteiger partial charge in [-0.25, -0.2) is 9.59 Å². The molecule has 5 aliphatic rings. The van der Waals surface area contributed by atoms with E-state index in [1.165, 1.54) is 19.3 Å². The number of carbonyl (C=O) groups is 2. The lowest BCUT2D eigenvalue weighted by Crippen LogP contribution is -2.60. The van der Waals surface area contributed by atoms with Crippen molar-refractivity contribution in [2.45, 2.75) is 233 Å². The molecule has 5 aliphatic heterocycles. The zero-order valence-electron chi connectivity index (χ0n) is 47.4. The third-order valence-electron chi connectivity index (χ3n) is 18.0. The largest absolute Gasteiger partial charge is 0.458 e. The van der Waals surface area contributed by atoms with Crippen molar-refractivity contribution in [2.75, 3.05) is 14.2 Å². The molecule has 0 spiro atoms. The van der Waals surface area contributed by atoms with E-state index >= 15 is 0 Å². The molecule has 0 aromatic heterocycles. The molecule has 16 heteroatoms. The van der Waals surface area contributed by atoms with E-state index in [9.17, 15) is 30.0 Å². The molecule has 0 saturated carbocycles. The van der Waals surface area contributed by atoms with Gasteiger partial charge in [0, 0.05) is 99.4 Å². The average molecular weight is 1050 g/mol. The number of hydrogen-bond acceptors (Lipinski definition) is 16. The number of carbonyl (C=O) groups excluding carboxylic acids is 2. The van der Waals surface area contributed by atoms with Gasteiger partial charge in [-0.1, -0.05) is 106 Å². The van der Waals surface area contributed by atoms with Crippen molar-refractivity contribution in [3.05, 3.63) is 48.6 Å². The predicted molar refractivity (Wildman–Crippen MR) is 279 cm³/mol. The summed E-state index contributed by atoms with van der Waals surface area (Å²) in [7, 11) is 3.13. The number of methoxy groups -OCH3 is 2. The van der Waals surface area contributed by atoms with Crippen LogP contribution in [-0.4, -0.2) is 144 Å². The van der Waals surface area contributed by atoms with Crippen LogP contribution in [0, 0.1) is 59.2 Å². The molecule has 0 aromatic rings. The van der Waals surface area contributed by atoms with Crippen LogP contribution >= 0.6 is 0 Å². The van der Waals surface area contributed by atoms with Crippen molar-refractivity contribution < 1.29 is 77.4 Å². The molecule has 0 bridgehead atoms. The van der Waals surface area contributed by atoms with Crippen molar-refractivity contribution >= 4 is 11.9 Å². The Labute approximate surface area is 442 Å². The van der Waals surface area contributed by atoms with Crippen LogP contribution in [0.25, 0.3) is 0 Å². The smallest absolute Gasteiger partial charge is 0.331 e. The molecule has 5 heterocycles. The Hall–Kier alpha value is -2.58. The summed E-state index contributed by atoms with van der Waals surface area (Å²) in [5.41, 5.74) is 0. The summed E-state index contributed by atoms with van der Waals surface area (Å²) in [6.07, 6.45) is 6.97. The summed E-state index contributed by atoms with van der Waals surface area (Å²) in [6.45, 7) is 27.5. The van der Waals surface area contributed by atoms with Crippen molar-refractivity contribution in [3.8, 4) is 0 Å². The first-order valence-electron chi connectivity index (χ1n) is 27.8. The Kier molecular flexibility index (Phi) is 23.0. The molecule has 0 amide bonds. The van der Waals surface area contributed by atoms with E-state index in [1.807, 2.05) is 68.4 Å². The van der Waals surface area contributed by atoms with Crippen molar-refractivity contribution in [1.29, 1.82) is 0 Å². The first-order valence-corrected chi connectivity index (χ1v) is 27.8. The molecule has 74 heavy (non-hydrogen) atoms. The number of esters is 2. The van der Waals surface area contributed by atoms with Gasteiger partial charge in [-0.2, -0.15) is 0 Å². The third-order valence-corrected chi connectivity index (χ3v) is 18.0. The van der Waals surface area contributed by atoms with Crippen molar-refractivity contribution in [2.24, 2.45) is 59.2 Å². The van der Waals surface area contributed by atoms with Gasteiger partial charge in [0.25, 0.3) is 0 Å². The summed E-state index contributed by atoms with van der Waals surface area (Å²) in [4.78, 5) is 27.3. The second-order valence-corrected chi connectivity index (χ2v) is 22.8. The lowest BCUT2D eigenvalue weighted by molar-refractivity contribution is -0.352. The fraction of sp³-hybridized carbons (Fsp3) is 0.828. The lowest BCUT2D eigenvalue weighted by Gasteiger charge is -2.52. The van der Waals surface area contributed by atoms with Crippen LogP contribution in [0.4, 0.5) is 0 Å². The molecule has 26 atom stereocenters. The highest BCUT2D eigenvalue weighted by atomic mass is 16.7. The number of aliphatic hydroxyl groups excluding tert-OH is 4. The van der Waals surface area contributed by atoms with Gasteiger partial charge in [-0.15, -0.1) is 0 Å². The molecule has 4 fully saturated rings. The van der Waals surface area contributed by atoms with Gasteiger partial charge in [0.05, 0.1) is 54.9 Å². The fourth-order valence-corrected chi connectivity index (χ4v) is 12.6. The number of ether oxygens (including phenoxy) is 10. The first-order chi connectivity index (χ1) is 34.9. The van der Waals surface area contributed by atoms with Gasteiger partial charge >= 0.3 is 11.9 Å². The van der Waals surface area contributed by atoms with Crippen LogP contribution in [-0.2, 0) is 57.0 Å².